The van der Waals surface area contributed by atoms with Crippen LogP contribution in [0.1, 0.15) is 36.0 Å². The molecule has 1 heterocycles. The van der Waals surface area contributed by atoms with Crippen LogP contribution in [0, 0.1) is 0 Å². The van der Waals surface area contributed by atoms with Crippen molar-refractivity contribution in [2.75, 3.05) is 6.54 Å². The Balaban J connectivity index is 2.19. The van der Waals surface area contributed by atoms with E-state index >= 15 is 0 Å². The molecule has 0 fully saturated rings. The fourth-order valence-electron chi connectivity index (χ4n) is 0.988. The van der Waals surface area contributed by atoms with Crippen LogP contribution in [0.25, 0.3) is 0 Å². The monoisotopic (exact) mass is 198 g/mol. The molecule has 1 N–H and O–H groups in total. The number of hydrogen-bond acceptors (Lipinski definition) is 3. The van der Waals surface area contributed by atoms with E-state index in [0.717, 1.165) is 19.4 Å². The van der Waals surface area contributed by atoms with Crippen molar-refractivity contribution in [3.63, 3.8) is 0 Å². The summed E-state index contributed by atoms with van der Waals surface area (Å²) < 4.78 is 0. The quantitative estimate of drug-likeness (QED) is 0.736. The number of thiazole rings is 1. The Labute approximate surface area is 82.2 Å². The van der Waals surface area contributed by atoms with Crippen LogP contribution in [0.2, 0.25) is 0 Å². The SMILES string of the molecule is CCCCCNC(=O)c1nccs1. The van der Waals surface area contributed by atoms with Gasteiger partial charge in [-0.25, -0.2) is 4.98 Å². The minimum Gasteiger partial charge on any atom is -0.350 e. The van der Waals surface area contributed by atoms with E-state index in [1.807, 2.05) is 0 Å². The topological polar surface area (TPSA) is 42.0 Å². The van der Waals surface area contributed by atoms with Crippen molar-refractivity contribution < 1.29 is 4.79 Å². The molecule has 1 aromatic heterocycles. The van der Waals surface area contributed by atoms with Gasteiger partial charge >= 0.3 is 0 Å². The molecule has 4 heteroatoms. The Morgan fingerprint density at radius 1 is 1.62 bits per heavy atom. The highest BCUT2D eigenvalue weighted by Crippen LogP contribution is 2.03. The fourth-order valence-corrected chi connectivity index (χ4v) is 1.54. The summed E-state index contributed by atoms with van der Waals surface area (Å²) in [4.78, 5) is 15.2. The molecular weight excluding hydrogens is 184 g/mol. The second kappa shape index (κ2) is 5.70. The third-order valence-electron chi connectivity index (χ3n) is 1.69. The lowest BCUT2D eigenvalue weighted by atomic mass is 10.2. The Kier molecular flexibility index (Phi) is 4.46. The zero-order valence-electron chi connectivity index (χ0n) is 7.75. The van der Waals surface area contributed by atoms with Gasteiger partial charge in [0.05, 0.1) is 0 Å². The highest BCUT2D eigenvalue weighted by Gasteiger charge is 2.05. The maximum absolute atomic E-state index is 11.3. The zero-order valence-corrected chi connectivity index (χ0v) is 8.56. The van der Waals surface area contributed by atoms with E-state index in [-0.39, 0.29) is 5.91 Å². The second-order valence-electron chi connectivity index (χ2n) is 2.80. The molecule has 0 atom stereocenters. The lowest BCUT2D eigenvalue weighted by molar-refractivity contribution is 0.0952. The predicted molar refractivity (Wildman–Crippen MR) is 54.0 cm³/mol. The smallest absolute Gasteiger partial charge is 0.280 e. The summed E-state index contributed by atoms with van der Waals surface area (Å²) in [5, 5.41) is 5.19. The lowest BCUT2D eigenvalue weighted by Crippen LogP contribution is -2.24. The van der Waals surface area contributed by atoms with Crippen LogP contribution in [-0.2, 0) is 0 Å². The summed E-state index contributed by atoms with van der Waals surface area (Å²) in [7, 11) is 0. The minimum absolute atomic E-state index is 0.0499. The van der Waals surface area contributed by atoms with Gasteiger partial charge in [0.15, 0.2) is 5.01 Å². The Bertz CT molecular complexity index is 246. The van der Waals surface area contributed by atoms with E-state index in [2.05, 4.69) is 17.2 Å². The highest BCUT2D eigenvalue weighted by atomic mass is 32.1. The molecule has 13 heavy (non-hydrogen) atoms. The minimum atomic E-state index is -0.0499. The van der Waals surface area contributed by atoms with Crippen molar-refractivity contribution in [1.82, 2.24) is 10.3 Å². The van der Waals surface area contributed by atoms with Gasteiger partial charge in [0.2, 0.25) is 0 Å². The standard InChI is InChI=1S/C9H14N2OS/c1-2-3-4-5-10-8(12)9-11-6-7-13-9/h6-7H,2-5H2,1H3,(H,10,12). The number of aromatic nitrogens is 1. The normalized spacial score (nSPS) is 9.92. The van der Waals surface area contributed by atoms with Crippen molar-refractivity contribution in [3.8, 4) is 0 Å². The second-order valence-corrected chi connectivity index (χ2v) is 3.69. The van der Waals surface area contributed by atoms with Crippen molar-refractivity contribution in [2.24, 2.45) is 0 Å². The van der Waals surface area contributed by atoms with Gasteiger partial charge < -0.3 is 5.32 Å². The molecule has 0 radical (unpaired) electrons. The van der Waals surface area contributed by atoms with E-state index in [1.165, 1.54) is 17.8 Å². The molecule has 1 rings (SSSR count). The Morgan fingerprint density at radius 3 is 3.08 bits per heavy atom. The number of amides is 1. The highest BCUT2D eigenvalue weighted by molar-refractivity contribution is 7.11. The number of hydrogen-bond donors (Lipinski definition) is 1. The van der Waals surface area contributed by atoms with Crippen molar-refractivity contribution in [1.29, 1.82) is 0 Å². The molecular formula is C9H14N2OS. The number of nitrogens with zero attached hydrogens (tertiary/aromatic N) is 1. The maximum Gasteiger partial charge on any atom is 0.280 e. The zero-order chi connectivity index (χ0) is 9.52. The molecule has 0 aliphatic heterocycles. The first-order valence-corrected chi connectivity index (χ1v) is 5.40. The van der Waals surface area contributed by atoms with Crippen LogP contribution < -0.4 is 5.32 Å². The van der Waals surface area contributed by atoms with Crippen LogP contribution >= 0.6 is 11.3 Å². The van der Waals surface area contributed by atoms with Crippen LogP contribution in [0.5, 0.6) is 0 Å². The van der Waals surface area contributed by atoms with Gasteiger partial charge in [-0.05, 0) is 6.42 Å². The first kappa shape index (κ1) is 10.2. The van der Waals surface area contributed by atoms with Crippen LogP contribution in [0.3, 0.4) is 0 Å². The fraction of sp³-hybridized carbons (Fsp3) is 0.556. The Morgan fingerprint density at radius 2 is 2.46 bits per heavy atom. The van der Waals surface area contributed by atoms with E-state index < -0.39 is 0 Å². The average molecular weight is 198 g/mol. The molecule has 72 valence electrons. The summed E-state index contributed by atoms with van der Waals surface area (Å²) in [6.45, 7) is 2.90. The summed E-state index contributed by atoms with van der Waals surface area (Å²) in [6, 6.07) is 0. The van der Waals surface area contributed by atoms with Crippen LogP contribution in [0.4, 0.5) is 0 Å². The molecule has 0 saturated carbocycles. The van der Waals surface area contributed by atoms with E-state index in [1.54, 1.807) is 11.6 Å². The van der Waals surface area contributed by atoms with E-state index in [0.29, 0.717) is 5.01 Å². The molecule has 0 unspecified atom stereocenters. The Hall–Kier alpha value is -0.900. The maximum atomic E-state index is 11.3. The van der Waals surface area contributed by atoms with Gasteiger partial charge in [0.25, 0.3) is 5.91 Å². The molecule has 1 aromatic rings. The largest absolute Gasteiger partial charge is 0.350 e. The number of nitrogens with one attached hydrogen (secondary N) is 1. The van der Waals surface area contributed by atoms with Crippen molar-refractivity contribution in [3.05, 3.63) is 16.6 Å². The van der Waals surface area contributed by atoms with E-state index in [4.69, 9.17) is 0 Å². The van der Waals surface area contributed by atoms with Gasteiger partial charge in [-0.2, -0.15) is 0 Å². The van der Waals surface area contributed by atoms with Gasteiger partial charge in [0.1, 0.15) is 0 Å². The van der Waals surface area contributed by atoms with Gasteiger partial charge in [-0.3, -0.25) is 4.79 Å². The molecule has 0 saturated heterocycles. The summed E-state index contributed by atoms with van der Waals surface area (Å²) in [5.74, 6) is -0.0499. The summed E-state index contributed by atoms with van der Waals surface area (Å²) in [5.41, 5.74) is 0. The average Bonchev–Trinajstić information content (AvgIpc) is 2.65. The van der Waals surface area contributed by atoms with Gasteiger partial charge in [-0.1, -0.05) is 19.8 Å². The van der Waals surface area contributed by atoms with Gasteiger partial charge in [0, 0.05) is 18.1 Å². The van der Waals surface area contributed by atoms with Crippen LogP contribution in [0.15, 0.2) is 11.6 Å². The molecule has 0 spiro atoms. The number of unbranched alkanes of at least 4 members (excludes halogenated alkanes) is 2. The molecule has 0 aliphatic rings. The number of carbonyl (C=O) groups is 1. The summed E-state index contributed by atoms with van der Waals surface area (Å²) >= 11 is 1.37. The molecule has 0 bridgehead atoms. The lowest BCUT2D eigenvalue weighted by Gasteiger charge is -2.00. The predicted octanol–water partition coefficient (Wildman–Crippen LogP) is 2.06. The van der Waals surface area contributed by atoms with Crippen molar-refractivity contribution >= 4 is 17.2 Å². The molecule has 3 nitrogen and oxygen atoms in total. The first-order valence-electron chi connectivity index (χ1n) is 4.52. The number of carbonyl (C=O) groups excluding carboxylic acids is 1. The molecule has 1 amide bonds. The number of rotatable bonds is 5. The van der Waals surface area contributed by atoms with Crippen molar-refractivity contribution in [2.45, 2.75) is 26.2 Å². The summed E-state index contributed by atoms with van der Waals surface area (Å²) in [6.07, 6.45) is 5.03. The first-order chi connectivity index (χ1) is 6.34. The molecule has 0 aliphatic carbocycles. The van der Waals surface area contributed by atoms with Crippen LogP contribution in [-0.4, -0.2) is 17.4 Å². The third-order valence-corrected chi connectivity index (χ3v) is 2.46. The van der Waals surface area contributed by atoms with Gasteiger partial charge in [-0.15, -0.1) is 11.3 Å². The third kappa shape index (κ3) is 3.55. The molecule has 0 aromatic carbocycles. The van der Waals surface area contributed by atoms with E-state index in [9.17, 15) is 4.79 Å².